The summed E-state index contributed by atoms with van der Waals surface area (Å²) >= 11 is 0. The highest BCUT2D eigenvalue weighted by molar-refractivity contribution is 5.71. The first kappa shape index (κ1) is 56.9. The molecule has 0 spiro atoms. The van der Waals surface area contributed by atoms with Crippen molar-refractivity contribution in [3.63, 3.8) is 0 Å². The van der Waals surface area contributed by atoms with Gasteiger partial charge in [0.15, 0.2) is 6.10 Å². The Bertz CT molecular complexity index is 1140. The largest absolute Gasteiger partial charge is 0.462 e. The topological polar surface area (TPSA) is 78.9 Å². The number of rotatable bonds is 44. The minimum atomic E-state index is -0.816. The Morgan fingerprint density at radius 2 is 0.683 bits per heavy atom. The number of carbonyl (C=O) groups is 3. The molecule has 6 heteroatoms. The van der Waals surface area contributed by atoms with Gasteiger partial charge in [-0.05, 0) is 77.0 Å². The summed E-state index contributed by atoms with van der Waals surface area (Å²) in [6.07, 6.45) is 60.4. The number of allylic oxidation sites excluding steroid dienone is 12. The lowest BCUT2D eigenvalue weighted by atomic mass is 10.0. The van der Waals surface area contributed by atoms with Crippen LogP contribution in [0.5, 0.6) is 0 Å². The Balaban J connectivity index is 4.49. The van der Waals surface area contributed by atoms with Gasteiger partial charge >= 0.3 is 17.9 Å². The highest BCUT2D eigenvalue weighted by Crippen LogP contribution is 2.14. The molecule has 0 aromatic heterocycles. The zero-order valence-electron chi connectivity index (χ0n) is 39.2. The fourth-order valence-corrected chi connectivity index (χ4v) is 6.72. The quantitative estimate of drug-likeness (QED) is 0.0263. The molecule has 1 atom stereocenters. The third-order valence-corrected chi connectivity index (χ3v) is 10.5. The summed E-state index contributed by atoms with van der Waals surface area (Å²) in [5.41, 5.74) is 0. The fourth-order valence-electron chi connectivity index (χ4n) is 6.72. The number of hydrogen-bond donors (Lipinski definition) is 0. The van der Waals surface area contributed by atoms with Crippen molar-refractivity contribution in [1.82, 2.24) is 0 Å². The van der Waals surface area contributed by atoms with E-state index >= 15 is 0 Å². The van der Waals surface area contributed by atoms with E-state index in [1.165, 1.54) is 103 Å². The van der Waals surface area contributed by atoms with Crippen LogP contribution in [0.4, 0.5) is 0 Å². The Hall–Kier alpha value is -3.15. The molecule has 0 radical (unpaired) electrons. The number of ether oxygens (including phenoxy) is 3. The predicted octanol–water partition coefficient (Wildman–Crippen LogP) is 16.3. The van der Waals surface area contributed by atoms with E-state index in [-0.39, 0.29) is 37.5 Å². The summed E-state index contributed by atoms with van der Waals surface area (Å²) in [7, 11) is 0. The van der Waals surface area contributed by atoms with Crippen LogP contribution in [0, 0.1) is 0 Å². The van der Waals surface area contributed by atoms with Gasteiger partial charge in [-0.3, -0.25) is 14.4 Å². The molecule has 0 aromatic rings. The van der Waals surface area contributed by atoms with Crippen molar-refractivity contribution in [2.45, 2.75) is 239 Å². The maximum Gasteiger partial charge on any atom is 0.306 e. The Morgan fingerprint density at radius 1 is 0.350 bits per heavy atom. The van der Waals surface area contributed by atoms with Crippen molar-refractivity contribution in [3.8, 4) is 0 Å². The molecule has 0 amide bonds. The van der Waals surface area contributed by atoms with Gasteiger partial charge in [0.1, 0.15) is 13.2 Å². The number of hydrogen-bond acceptors (Lipinski definition) is 6. The molecule has 0 rings (SSSR count). The van der Waals surface area contributed by atoms with Gasteiger partial charge in [-0.1, -0.05) is 209 Å². The lowest BCUT2D eigenvalue weighted by molar-refractivity contribution is -0.166. The molecular weight excluding hydrogens is 745 g/mol. The molecule has 344 valence electrons. The molecule has 0 heterocycles. The van der Waals surface area contributed by atoms with Crippen LogP contribution in [-0.4, -0.2) is 37.2 Å². The van der Waals surface area contributed by atoms with Crippen LogP contribution in [-0.2, 0) is 28.6 Å². The monoisotopic (exact) mass is 837 g/mol. The van der Waals surface area contributed by atoms with Crippen molar-refractivity contribution < 1.29 is 28.6 Å². The van der Waals surface area contributed by atoms with Crippen molar-refractivity contribution in [3.05, 3.63) is 72.9 Å². The molecular formula is C54H92O6. The number of carbonyl (C=O) groups excluding carboxylic acids is 3. The van der Waals surface area contributed by atoms with Crippen LogP contribution in [0.1, 0.15) is 233 Å². The molecule has 0 saturated carbocycles. The van der Waals surface area contributed by atoms with E-state index in [1.54, 1.807) is 0 Å². The van der Waals surface area contributed by atoms with Crippen molar-refractivity contribution >= 4 is 17.9 Å². The third-order valence-electron chi connectivity index (χ3n) is 10.5. The van der Waals surface area contributed by atoms with Gasteiger partial charge in [0.2, 0.25) is 0 Å². The first-order valence-corrected chi connectivity index (χ1v) is 24.9. The summed E-state index contributed by atoms with van der Waals surface area (Å²) in [5, 5.41) is 0. The molecule has 6 nitrogen and oxygen atoms in total. The molecule has 0 aromatic carbocycles. The van der Waals surface area contributed by atoms with Crippen LogP contribution in [0.2, 0.25) is 0 Å². The lowest BCUT2D eigenvalue weighted by Gasteiger charge is -2.18. The summed E-state index contributed by atoms with van der Waals surface area (Å²) < 4.78 is 16.7. The Morgan fingerprint density at radius 3 is 1.10 bits per heavy atom. The van der Waals surface area contributed by atoms with Gasteiger partial charge < -0.3 is 14.2 Å². The standard InChI is InChI=1S/C54H92O6/c1-4-7-10-13-16-19-22-25-26-27-30-32-35-38-41-44-47-53(56)59-50-51(60-54(57)48-45-42-39-36-33-29-24-21-18-15-12-9-6-3)49-58-52(55)46-43-40-37-34-31-28-23-20-17-14-11-8-5-2/h7,10,16,19,25-26,29-30,32-33,39,42,51H,4-6,8-9,11-15,17-18,20-24,27-28,31,34-38,40-41,43-50H2,1-3H3/b10-7+,19-16+,26-25+,32-30+,33-29+,42-39+. The summed E-state index contributed by atoms with van der Waals surface area (Å²) in [5.74, 6) is -1.01. The number of esters is 3. The average molecular weight is 837 g/mol. The van der Waals surface area contributed by atoms with E-state index in [9.17, 15) is 14.4 Å². The Labute approximate surface area is 370 Å². The van der Waals surface area contributed by atoms with Crippen LogP contribution >= 0.6 is 0 Å². The van der Waals surface area contributed by atoms with Crippen molar-refractivity contribution in [2.75, 3.05) is 13.2 Å². The van der Waals surface area contributed by atoms with Crippen LogP contribution in [0.15, 0.2) is 72.9 Å². The van der Waals surface area contributed by atoms with Crippen molar-refractivity contribution in [2.24, 2.45) is 0 Å². The van der Waals surface area contributed by atoms with E-state index in [4.69, 9.17) is 14.2 Å². The molecule has 0 aliphatic carbocycles. The minimum Gasteiger partial charge on any atom is -0.462 e. The van der Waals surface area contributed by atoms with Crippen LogP contribution in [0.25, 0.3) is 0 Å². The van der Waals surface area contributed by atoms with Crippen molar-refractivity contribution in [1.29, 1.82) is 0 Å². The Kier molecular flexibility index (Phi) is 46.0. The first-order valence-electron chi connectivity index (χ1n) is 24.9. The summed E-state index contributed by atoms with van der Waals surface area (Å²) in [6.45, 7) is 6.43. The van der Waals surface area contributed by atoms with Gasteiger partial charge in [0.25, 0.3) is 0 Å². The van der Waals surface area contributed by atoms with Crippen LogP contribution in [0.3, 0.4) is 0 Å². The maximum absolute atomic E-state index is 12.7. The normalized spacial score (nSPS) is 12.7. The zero-order chi connectivity index (χ0) is 43.7. The van der Waals surface area contributed by atoms with E-state index < -0.39 is 6.10 Å². The van der Waals surface area contributed by atoms with Gasteiger partial charge in [0.05, 0.1) is 0 Å². The molecule has 0 aliphatic heterocycles. The van der Waals surface area contributed by atoms with Gasteiger partial charge in [-0.2, -0.15) is 0 Å². The van der Waals surface area contributed by atoms with Gasteiger partial charge in [-0.15, -0.1) is 0 Å². The fraction of sp³-hybridized carbons (Fsp3) is 0.722. The van der Waals surface area contributed by atoms with Gasteiger partial charge in [-0.25, -0.2) is 0 Å². The minimum absolute atomic E-state index is 0.107. The smallest absolute Gasteiger partial charge is 0.306 e. The average Bonchev–Trinajstić information content (AvgIpc) is 3.24. The summed E-state index contributed by atoms with van der Waals surface area (Å²) in [6, 6.07) is 0. The molecule has 0 fully saturated rings. The molecule has 0 N–H and O–H groups in total. The van der Waals surface area contributed by atoms with E-state index in [1.807, 2.05) is 6.08 Å². The molecule has 60 heavy (non-hydrogen) atoms. The van der Waals surface area contributed by atoms with E-state index in [2.05, 4.69) is 87.6 Å². The second-order valence-corrected chi connectivity index (χ2v) is 16.3. The van der Waals surface area contributed by atoms with E-state index in [0.29, 0.717) is 19.3 Å². The maximum atomic E-state index is 12.7. The van der Waals surface area contributed by atoms with Crippen LogP contribution < -0.4 is 0 Å². The highest BCUT2D eigenvalue weighted by Gasteiger charge is 2.19. The summed E-state index contributed by atoms with van der Waals surface area (Å²) in [4.78, 5) is 37.8. The predicted molar refractivity (Wildman–Crippen MR) is 256 cm³/mol. The first-order chi connectivity index (χ1) is 29.5. The SMILES string of the molecule is CC/C=C/C/C=C/C/C=C/C/C=C/CCCCCC(=O)OCC(COC(=O)CCCCCCCCCCCCCCC)OC(=O)CC/C=C/C/C=C/CCCCCCCC. The second-order valence-electron chi connectivity index (χ2n) is 16.3. The molecule has 0 saturated heterocycles. The molecule has 1 unspecified atom stereocenters. The van der Waals surface area contributed by atoms with Gasteiger partial charge in [0, 0.05) is 19.3 Å². The molecule has 0 bridgehead atoms. The van der Waals surface area contributed by atoms with E-state index in [0.717, 1.165) is 83.5 Å². The second kappa shape index (κ2) is 48.5. The third kappa shape index (κ3) is 45.9. The molecule has 0 aliphatic rings. The highest BCUT2D eigenvalue weighted by atomic mass is 16.6. The lowest BCUT2D eigenvalue weighted by Crippen LogP contribution is -2.30. The number of unbranched alkanes of at least 4 members (excludes halogenated alkanes) is 21. The zero-order valence-corrected chi connectivity index (χ0v) is 39.2.